The van der Waals surface area contributed by atoms with Crippen molar-refractivity contribution in [3.05, 3.63) is 35.9 Å². The Morgan fingerprint density at radius 1 is 1.31 bits per heavy atom. The minimum atomic E-state index is -1.00. The highest BCUT2D eigenvalue weighted by molar-refractivity contribution is 14.1. The Morgan fingerprint density at radius 3 is 2.31 bits per heavy atom. The summed E-state index contributed by atoms with van der Waals surface area (Å²) in [5.74, 6) is -1.49. The van der Waals surface area contributed by atoms with Gasteiger partial charge in [-0.2, -0.15) is 0 Å². The molecule has 2 unspecified atom stereocenters. The maximum absolute atomic E-state index is 10.9. The molecule has 5 heteroatoms. The third-order valence-electron chi connectivity index (χ3n) is 1.92. The zero-order valence-corrected chi connectivity index (χ0v) is 10.7. The Hall–Kier alpha value is -1.11. The Balaban J connectivity index is 2.96. The number of carboxylic acid groups (broad SMARTS) is 1. The van der Waals surface area contributed by atoms with E-state index in [0.29, 0.717) is 5.56 Å². The molecule has 0 aliphatic carbocycles. The second-order valence-corrected chi connectivity index (χ2v) is 4.52. The highest BCUT2D eigenvalue weighted by Gasteiger charge is 2.29. The first-order chi connectivity index (χ1) is 7.52. The molecule has 0 fully saturated rings. The predicted octanol–water partition coefficient (Wildman–Crippen LogP) is 2.18. The first-order valence-corrected chi connectivity index (χ1v) is 5.86. The molecule has 1 aromatic carbocycles. The van der Waals surface area contributed by atoms with E-state index >= 15 is 0 Å². The van der Waals surface area contributed by atoms with E-state index in [4.69, 9.17) is 9.84 Å². The summed E-state index contributed by atoms with van der Waals surface area (Å²) in [4.78, 5) is 21.8. The van der Waals surface area contributed by atoms with Gasteiger partial charge in [0.2, 0.25) is 0 Å². The van der Waals surface area contributed by atoms with Crippen molar-refractivity contribution in [3.8, 4) is 0 Å². The lowest BCUT2D eigenvalue weighted by molar-refractivity contribution is -0.150. The molecule has 86 valence electrons. The number of benzene rings is 1. The minimum Gasteiger partial charge on any atom is -0.480 e. The molecule has 0 saturated heterocycles. The number of ether oxygens (including phenoxy) is 1. The number of rotatable bonds is 4. The minimum absolute atomic E-state index is 0.489. The van der Waals surface area contributed by atoms with Crippen molar-refractivity contribution in [1.29, 1.82) is 0 Å². The Bertz CT molecular complexity index is 377. The Kier molecular flexibility index (Phi) is 4.72. The quantitative estimate of drug-likeness (QED) is 0.521. The number of alkyl halides is 1. The maximum atomic E-state index is 10.9. The van der Waals surface area contributed by atoms with Crippen LogP contribution in [0.3, 0.4) is 0 Å². The van der Waals surface area contributed by atoms with Crippen LogP contribution in [0.25, 0.3) is 0 Å². The average molecular weight is 334 g/mol. The van der Waals surface area contributed by atoms with Crippen molar-refractivity contribution in [1.82, 2.24) is 0 Å². The van der Waals surface area contributed by atoms with Gasteiger partial charge in [-0.3, -0.25) is 9.59 Å². The monoisotopic (exact) mass is 334 g/mol. The predicted molar refractivity (Wildman–Crippen MR) is 66.4 cm³/mol. The number of hydrogen-bond acceptors (Lipinski definition) is 3. The van der Waals surface area contributed by atoms with Gasteiger partial charge in [-0.1, -0.05) is 52.9 Å². The van der Waals surface area contributed by atoms with Gasteiger partial charge in [-0.25, -0.2) is 0 Å². The Labute approximate surface area is 107 Å². The molecule has 0 spiro atoms. The van der Waals surface area contributed by atoms with Crippen LogP contribution in [0.15, 0.2) is 30.3 Å². The van der Waals surface area contributed by atoms with Crippen LogP contribution in [0.2, 0.25) is 0 Å². The Morgan fingerprint density at radius 2 is 1.88 bits per heavy atom. The number of carbonyl (C=O) groups excluding carboxylic acids is 1. The van der Waals surface area contributed by atoms with E-state index in [2.05, 4.69) is 0 Å². The summed E-state index contributed by atoms with van der Waals surface area (Å²) in [6.45, 7) is 1.27. The lowest BCUT2D eigenvalue weighted by Crippen LogP contribution is -2.25. The number of aliphatic carboxylic acids is 1. The van der Waals surface area contributed by atoms with E-state index in [1.54, 1.807) is 46.9 Å². The van der Waals surface area contributed by atoms with Gasteiger partial charge in [0, 0.05) is 6.92 Å². The van der Waals surface area contributed by atoms with Gasteiger partial charge in [-0.15, -0.1) is 0 Å². The van der Waals surface area contributed by atoms with Gasteiger partial charge < -0.3 is 9.84 Å². The van der Waals surface area contributed by atoms with Crippen LogP contribution in [0.1, 0.15) is 18.6 Å². The van der Waals surface area contributed by atoms with Crippen LogP contribution in [0.4, 0.5) is 0 Å². The molecule has 4 nitrogen and oxygen atoms in total. The summed E-state index contributed by atoms with van der Waals surface area (Å²) >= 11 is 1.75. The van der Waals surface area contributed by atoms with Gasteiger partial charge in [-0.05, 0) is 5.56 Å². The summed E-state index contributed by atoms with van der Waals surface area (Å²) < 4.78 is 4.23. The first-order valence-electron chi connectivity index (χ1n) is 4.61. The summed E-state index contributed by atoms with van der Waals surface area (Å²) in [5.41, 5.74) is 0.680. The molecular weight excluding hydrogens is 323 g/mol. The van der Waals surface area contributed by atoms with Gasteiger partial charge in [0.15, 0.2) is 0 Å². The number of carboxylic acids is 1. The fourth-order valence-corrected chi connectivity index (χ4v) is 1.81. The molecule has 16 heavy (non-hydrogen) atoms. The molecule has 1 N–H and O–H groups in total. The molecule has 2 atom stereocenters. The summed E-state index contributed by atoms with van der Waals surface area (Å²) in [6.07, 6.45) is -0.753. The summed E-state index contributed by atoms with van der Waals surface area (Å²) in [5, 5.41) is 8.93. The van der Waals surface area contributed by atoms with Crippen LogP contribution in [0, 0.1) is 0 Å². The van der Waals surface area contributed by atoms with Crippen molar-refractivity contribution in [2.24, 2.45) is 0 Å². The lowest BCUT2D eigenvalue weighted by atomic mass is 10.1. The number of hydrogen-bond donors (Lipinski definition) is 1. The molecule has 0 aliphatic heterocycles. The molecule has 1 rings (SSSR count). The molecule has 0 heterocycles. The van der Waals surface area contributed by atoms with Gasteiger partial charge in [0.05, 0.1) is 0 Å². The second-order valence-electron chi connectivity index (χ2n) is 3.18. The van der Waals surface area contributed by atoms with Crippen LogP contribution >= 0.6 is 22.6 Å². The van der Waals surface area contributed by atoms with E-state index < -0.39 is 22.0 Å². The van der Waals surface area contributed by atoms with Gasteiger partial charge in [0.25, 0.3) is 0 Å². The molecular formula is C11H11IO4. The SMILES string of the molecule is CC(=O)OC(c1ccccc1)C(I)C(=O)O. The van der Waals surface area contributed by atoms with Gasteiger partial charge >= 0.3 is 11.9 Å². The van der Waals surface area contributed by atoms with Crippen molar-refractivity contribution in [3.63, 3.8) is 0 Å². The number of esters is 1. The summed E-state index contributed by atoms with van der Waals surface area (Å²) in [7, 11) is 0. The van der Waals surface area contributed by atoms with Crippen molar-refractivity contribution < 1.29 is 19.4 Å². The molecule has 1 aromatic rings. The third-order valence-corrected chi connectivity index (χ3v) is 3.11. The zero-order valence-electron chi connectivity index (χ0n) is 8.59. The maximum Gasteiger partial charge on any atom is 0.320 e. The van der Waals surface area contributed by atoms with E-state index in [1.165, 1.54) is 6.92 Å². The standard InChI is InChI=1S/C11H11IO4/c1-7(13)16-10(9(12)11(14)15)8-5-3-2-4-6-8/h2-6,9-10H,1H3,(H,14,15). The average Bonchev–Trinajstić information content (AvgIpc) is 2.26. The van der Waals surface area contributed by atoms with Gasteiger partial charge in [0.1, 0.15) is 10.0 Å². The van der Waals surface area contributed by atoms with Crippen molar-refractivity contribution >= 4 is 34.5 Å². The fourth-order valence-electron chi connectivity index (χ4n) is 1.25. The smallest absolute Gasteiger partial charge is 0.320 e. The zero-order chi connectivity index (χ0) is 12.1. The highest BCUT2D eigenvalue weighted by Crippen LogP contribution is 2.27. The summed E-state index contributed by atoms with van der Waals surface area (Å²) in [6, 6.07) is 8.84. The van der Waals surface area contributed by atoms with Crippen molar-refractivity contribution in [2.45, 2.75) is 17.0 Å². The first kappa shape index (κ1) is 13.0. The number of halogens is 1. The van der Waals surface area contributed by atoms with E-state index in [1.807, 2.05) is 6.07 Å². The molecule has 0 amide bonds. The fraction of sp³-hybridized carbons (Fsp3) is 0.273. The van der Waals surface area contributed by atoms with Crippen LogP contribution < -0.4 is 0 Å². The number of carbonyl (C=O) groups is 2. The molecule has 0 aliphatic rings. The van der Waals surface area contributed by atoms with Crippen LogP contribution in [0.5, 0.6) is 0 Å². The topological polar surface area (TPSA) is 63.6 Å². The molecule has 0 aromatic heterocycles. The largest absolute Gasteiger partial charge is 0.480 e. The third kappa shape index (κ3) is 3.48. The normalized spacial score (nSPS) is 13.9. The molecule has 0 radical (unpaired) electrons. The van der Waals surface area contributed by atoms with Crippen molar-refractivity contribution in [2.75, 3.05) is 0 Å². The lowest BCUT2D eigenvalue weighted by Gasteiger charge is -2.19. The van der Waals surface area contributed by atoms with E-state index in [9.17, 15) is 9.59 Å². The van der Waals surface area contributed by atoms with Crippen LogP contribution in [-0.4, -0.2) is 21.0 Å². The van der Waals surface area contributed by atoms with Crippen LogP contribution in [-0.2, 0) is 14.3 Å². The second kappa shape index (κ2) is 5.83. The molecule has 0 saturated carbocycles. The molecule has 0 bridgehead atoms. The van der Waals surface area contributed by atoms with E-state index in [-0.39, 0.29) is 0 Å². The highest BCUT2D eigenvalue weighted by atomic mass is 127. The van der Waals surface area contributed by atoms with E-state index in [0.717, 1.165) is 0 Å².